The first kappa shape index (κ1) is 18.4. The van der Waals surface area contributed by atoms with Crippen LogP contribution in [0.5, 0.6) is 0 Å². The van der Waals surface area contributed by atoms with Crippen molar-refractivity contribution in [1.82, 2.24) is 19.7 Å². The van der Waals surface area contributed by atoms with E-state index in [0.29, 0.717) is 22.9 Å². The summed E-state index contributed by atoms with van der Waals surface area (Å²) in [6.45, 7) is 10.3. The van der Waals surface area contributed by atoms with Crippen LogP contribution in [0.2, 0.25) is 0 Å². The van der Waals surface area contributed by atoms with Crippen molar-refractivity contribution in [3.8, 4) is 0 Å². The molecule has 8 nitrogen and oxygen atoms in total. The Hall–Kier alpha value is -1.93. The lowest BCUT2D eigenvalue weighted by Crippen LogP contribution is -2.39. The van der Waals surface area contributed by atoms with Gasteiger partial charge in [0, 0.05) is 25.6 Å². The fourth-order valence-electron chi connectivity index (χ4n) is 3.77. The number of H-pyrrole nitrogens is 1. The van der Waals surface area contributed by atoms with E-state index < -0.39 is 0 Å². The summed E-state index contributed by atoms with van der Waals surface area (Å²) in [5.74, 6) is 1.17. The van der Waals surface area contributed by atoms with Crippen molar-refractivity contribution in [2.75, 3.05) is 37.8 Å². The van der Waals surface area contributed by atoms with Gasteiger partial charge in [-0.25, -0.2) is 4.68 Å². The van der Waals surface area contributed by atoms with Gasteiger partial charge in [0.1, 0.15) is 5.39 Å². The molecular formula is C19H29N5O3. The maximum absolute atomic E-state index is 12.5. The molecule has 0 saturated carbocycles. The molecule has 0 spiro atoms. The van der Waals surface area contributed by atoms with Crippen LogP contribution in [-0.2, 0) is 15.0 Å². The number of nitrogens with zero attached hydrogens (tertiary/aromatic N) is 4. The first-order chi connectivity index (χ1) is 12.9. The second kappa shape index (κ2) is 7.24. The predicted molar refractivity (Wildman–Crippen MR) is 103 cm³/mol. The molecule has 8 heteroatoms. The number of anilines is 1. The molecule has 1 atom stereocenters. The molecule has 2 aromatic rings. The lowest BCUT2D eigenvalue weighted by molar-refractivity contribution is 0.0130. The van der Waals surface area contributed by atoms with E-state index in [-0.39, 0.29) is 17.2 Å². The predicted octanol–water partition coefficient (Wildman–Crippen LogP) is 1.90. The van der Waals surface area contributed by atoms with Gasteiger partial charge in [-0.1, -0.05) is 0 Å². The summed E-state index contributed by atoms with van der Waals surface area (Å²) in [6, 6.07) is 0. The molecular weight excluding hydrogens is 346 g/mol. The molecule has 0 aliphatic carbocycles. The Balaban J connectivity index is 1.44. The molecule has 1 N–H and O–H groups in total. The van der Waals surface area contributed by atoms with Gasteiger partial charge in [-0.2, -0.15) is 10.1 Å². The third-order valence-electron chi connectivity index (χ3n) is 5.39. The van der Waals surface area contributed by atoms with Gasteiger partial charge in [-0.3, -0.25) is 9.78 Å². The average Bonchev–Trinajstić information content (AvgIpc) is 3.29. The number of hydrogen-bond acceptors (Lipinski definition) is 6. The first-order valence-electron chi connectivity index (χ1n) is 9.84. The molecule has 2 aromatic heterocycles. The van der Waals surface area contributed by atoms with E-state index in [2.05, 4.69) is 35.8 Å². The zero-order valence-electron chi connectivity index (χ0n) is 16.4. The molecule has 0 radical (unpaired) electrons. The van der Waals surface area contributed by atoms with E-state index in [0.717, 1.165) is 52.2 Å². The monoisotopic (exact) mass is 375 g/mol. The molecule has 27 heavy (non-hydrogen) atoms. The van der Waals surface area contributed by atoms with Crippen molar-refractivity contribution < 1.29 is 9.47 Å². The van der Waals surface area contributed by atoms with Crippen molar-refractivity contribution in [3.05, 3.63) is 16.6 Å². The maximum Gasteiger partial charge on any atom is 0.263 e. The lowest BCUT2D eigenvalue weighted by Gasteiger charge is -2.32. The van der Waals surface area contributed by atoms with Crippen molar-refractivity contribution in [1.29, 1.82) is 0 Å². The zero-order chi connectivity index (χ0) is 19.0. The van der Waals surface area contributed by atoms with Crippen molar-refractivity contribution in [2.24, 2.45) is 5.92 Å². The van der Waals surface area contributed by atoms with Gasteiger partial charge < -0.3 is 14.4 Å². The Morgan fingerprint density at radius 2 is 2.07 bits per heavy atom. The third kappa shape index (κ3) is 3.87. The second-order valence-corrected chi connectivity index (χ2v) is 8.60. The number of nitrogens with one attached hydrogen (secondary N) is 1. The second-order valence-electron chi connectivity index (χ2n) is 8.60. The highest BCUT2D eigenvalue weighted by molar-refractivity contribution is 5.74. The molecule has 0 aromatic carbocycles. The van der Waals surface area contributed by atoms with Crippen molar-refractivity contribution in [3.63, 3.8) is 0 Å². The minimum absolute atomic E-state index is 0.134. The van der Waals surface area contributed by atoms with Gasteiger partial charge in [0.25, 0.3) is 5.56 Å². The molecule has 4 rings (SSSR count). The van der Waals surface area contributed by atoms with Crippen LogP contribution in [0.1, 0.15) is 40.0 Å². The Labute approximate surface area is 158 Å². The molecule has 2 fully saturated rings. The van der Waals surface area contributed by atoms with Crippen molar-refractivity contribution >= 4 is 17.0 Å². The molecule has 0 bridgehead atoms. The van der Waals surface area contributed by atoms with E-state index in [4.69, 9.17) is 14.5 Å². The Kier molecular flexibility index (Phi) is 4.94. The van der Waals surface area contributed by atoms with Gasteiger partial charge in [0.2, 0.25) is 5.95 Å². The molecule has 2 aliphatic rings. The fraction of sp³-hybridized carbons (Fsp3) is 0.737. The maximum atomic E-state index is 12.5. The van der Waals surface area contributed by atoms with Gasteiger partial charge >= 0.3 is 0 Å². The van der Waals surface area contributed by atoms with Gasteiger partial charge in [-0.05, 0) is 40.0 Å². The summed E-state index contributed by atoms with van der Waals surface area (Å²) < 4.78 is 13.3. The number of aromatic nitrogens is 4. The number of piperidine rings is 1. The molecule has 1 unspecified atom stereocenters. The Bertz CT molecular complexity index is 839. The van der Waals surface area contributed by atoms with Gasteiger partial charge in [0.05, 0.1) is 31.1 Å². The summed E-state index contributed by atoms with van der Waals surface area (Å²) in [4.78, 5) is 22.3. The number of rotatable bonds is 4. The van der Waals surface area contributed by atoms with E-state index in [1.54, 1.807) is 6.20 Å². The summed E-state index contributed by atoms with van der Waals surface area (Å²) in [7, 11) is 0. The summed E-state index contributed by atoms with van der Waals surface area (Å²) in [5, 5.41) is 4.91. The number of hydrogen-bond donors (Lipinski definition) is 1. The number of aromatic amines is 1. The molecule has 2 saturated heterocycles. The highest BCUT2D eigenvalue weighted by atomic mass is 16.5. The largest absolute Gasteiger partial charge is 0.381 e. The van der Waals surface area contributed by atoms with Crippen molar-refractivity contribution in [2.45, 2.75) is 51.7 Å². The zero-order valence-corrected chi connectivity index (χ0v) is 16.4. The highest BCUT2D eigenvalue weighted by Crippen LogP contribution is 2.23. The van der Waals surface area contributed by atoms with Gasteiger partial charge in [0.15, 0.2) is 5.65 Å². The van der Waals surface area contributed by atoms with E-state index >= 15 is 0 Å². The van der Waals surface area contributed by atoms with Crippen LogP contribution in [0.3, 0.4) is 0 Å². The molecule has 2 aliphatic heterocycles. The quantitative estimate of drug-likeness (QED) is 0.878. The fourth-order valence-corrected chi connectivity index (χ4v) is 3.77. The minimum Gasteiger partial charge on any atom is -0.381 e. The highest BCUT2D eigenvalue weighted by Gasteiger charge is 2.25. The van der Waals surface area contributed by atoms with E-state index in [1.165, 1.54) is 0 Å². The summed E-state index contributed by atoms with van der Waals surface area (Å²) in [5.41, 5.74) is 0.274. The smallest absolute Gasteiger partial charge is 0.263 e. The number of ether oxygens (including phenoxy) is 2. The van der Waals surface area contributed by atoms with Crippen LogP contribution >= 0.6 is 0 Å². The van der Waals surface area contributed by atoms with Crippen LogP contribution in [0, 0.1) is 5.92 Å². The third-order valence-corrected chi connectivity index (χ3v) is 5.39. The lowest BCUT2D eigenvalue weighted by atomic mass is 10.1. The molecule has 148 valence electrons. The Morgan fingerprint density at radius 1 is 1.30 bits per heavy atom. The average molecular weight is 375 g/mol. The van der Waals surface area contributed by atoms with Crippen LogP contribution in [-0.4, -0.2) is 58.8 Å². The van der Waals surface area contributed by atoms with Gasteiger partial charge in [-0.15, -0.1) is 0 Å². The summed E-state index contributed by atoms with van der Waals surface area (Å²) in [6.07, 6.45) is 4.85. The first-order valence-corrected chi connectivity index (χ1v) is 9.84. The van der Waals surface area contributed by atoms with E-state index in [9.17, 15) is 4.79 Å². The molecule has 4 heterocycles. The van der Waals surface area contributed by atoms with E-state index in [1.807, 2.05) is 4.68 Å². The number of fused-ring (bicyclic) bond motifs is 1. The SMILES string of the molecule is CC(C)(C)n1ncc2c(=O)[nH]c(N3CCC(OCC4CCOC4)CC3)nc21. The standard InChI is InChI=1S/C19H29N5O3/c1-19(2,3)24-16-15(10-20-24)17(25)22-18(21-16)23-7-4-14(5-8-23)27-12-13-6-9-26-11-13/h10,13-14H,4-9,11-12H2,1-3H3,(H,21,22,25). The minimum atomic E-state index is -0.232. The normalized spacial score (nSPS) is 22.0. The van der Waals surface area contributed by atoms with Crippen LogP contribution in [0.4, 0.5) is 5.95 Å². The van der Waals surface area contributed by atoms with Crippen LogP contribution in [0.15, 0.2) is 11.0 Å². The van der Waals surface area contributed by atoms with Crippen LogP contribution < -0.4 is 10.5 Å². The van der Waals surface area contributed by atoms with Crippen LogP contribution in [0.25, 0.3) is 11.0 Å². The Morgan fingerprint density at radius 3 is 2.74 bits per heavy atom. The topological polar surface area (TPSA) is 85.3 Å². The summed E-state index contributed by atoms with van der Waals surface area (Å²) >= 11 is 0. The molecule has 0 amide bonds.